The van der Waals surface area contributed by atoms with Crippen LogP contribution in [0.5, 0.6) is 11.5 Å². The maximum Gasteiger partial charge on any atom is 0.272 e. The molecule has 0 aromatic heterocycles. The first-order valence-electron chi connectivity index (χ1n) is 14.5. The van der Waals surface area contributed by atoms with Crippen molar-refractivity contribution < 1.29 is 24.2 Å². The Morgan fingerprint density at radius 1 is 0.771 bits per heavy atom. The second-order valence-electron chi connectivity index (χ2n) is 10.3. The number of thioether (sulfide) groups is 1. The Hall–Kier alpha value is -5.22. The zero-order valence-corrected chi connectivity index (χ0v) is 27.8. The van der Waals surface area contributed by atoms with Crippen molar-refractivity contribution in [2.24, 2.45) is 0 Å². The number of phenolic OH excluding ortho intramolecular Hbond substituents is 1. The third kappa shape index (κ3) is 8.98. The molecule has 0 saturated heterocycles. The molecule has 0 aliphatic rings. The highest BCUT2D eigenvalue weighted by atomic mass is 35.5. The zero-order valence-electron chi connectivity index (χ0n) is 25.4. The number of aromatic hydroxyl groups is 1. The number of phenols is 1. The SMILES string of the molecule is COc1cc(O)ccc1/C=C(/NC(=O)c1ccccc1)C(=O)Nc1cccc(SC(C(=O)Nc2ccc(Cl)c(Cl)c2)c2ccccc2)c1. The van der Waals surface area contributed by atoms with E-state index in [0.29, 0.717) is 43.2 Å². The van der Waals surface area contributed by atoms with Crippen molar-refractivity contribution in [2.75, 3.05) is 17.7 Å². The van der Waals surface area contributed by atoms with Crippen LogP contribution in [0.15, 0.2) is 132 Å². The first-order chi connectivity index (χ1) is 23.2. The third-order valence-electron chi connectivity index (χ3n) is 6.92. The maximum absolute atomic E-state index is 13.7. The summed E-state index contributed by atoms with van der Waals surface area (Å²) in [6, 6.07) is 34.1. The number of amides is 3. The summed E-state index contributed by atoms with van der Waals surface area (Å²) in [5, 5.41) is 18.4. The van der Waals surface area contributed by atoms with Crippen molar-refractivity contribution in [3.8, 4) is 11.5 Å². The van der Waals surface area contributed by atoms with E-state index in [1.54, 1.807) is 72.8 Å². The van der Waals surface area contributed by atoms with Gasteiger partial charge in [-0.05, 0) is 72.3 Å². The number of hydrogen-bond donors (Lipinski definition) is 4. The summed E-state index contributed by atoms with van der Waals surface area (Å²) in [4.78, 5) is 41.1. The van der Waals surface area contributed by atoms with Crippen LogP contribution in [0.4, 0.5) is 11.4 Å². The molecule has 4 N–H and O–H groups in total. The molecule has 0 aliphatic carbocycles. The molecule has 5 aromatic carbocycles. The monoisotopic (exact) mass is 697 g/mol. The molecule has 1 atom stereocenters. The van der Waals surface area contributed by atoms with Gasteiger partial charge in [-0.15, -0.1) is 11.8 Å². The van der Waals surface area contributed by atoms with Crippen LogP contribution in [-0.4, -0.2) is 29.9 Å². The number of hydrogen-bond acceptors (Lipinski definition) is 6. The predicted octanol–water partition coefficient (Wildman–Crippen LogP) is 8.59. The molecule has 0 heterocycles. The summed E-state index contributed by atoms with van der Waals surface area (Å²) in [5.74, 6) is -1.09. The van der Waals surface area contributed by atoms with E-state index in [0.717, 1.165) is 5.56 Å². The molecule has 5 aromatic rings. The van der Waals surface area contributed by atoms with Gasteiger partial charge in [-0.25, -0.2) is 0 Å². The maximum atomic E-state index is 13.7. The van der Waals surface area contributed by atoms with E-state index in [1.165, 1.54) is 37.1 Å². The Balaban J connectivity index is 1.40. The number of carbonyl (C=O) groups is 3. The molecule has 48 heavy (non-hydrogen) atoms. The smallest absolute Gasteiger partial charge is 0.272 e. The van der Waals surface area contributed by atoms with Crippen molar-refractivity contribution >= 4 is 70.1 Å². The second-order valence-corrected chi connectivity index (χ2v) is 12.3. The number of nitrogens with one attached hydrogen (secondary N) is 3. The van der Waals surface area contributed by atoms with E-state index in [-0.39, 0.29) is 17.4 Å². The van der Waals surface area contributed by atoms with Gasteiger partial charge in [0.05, 0.1) is 17.2 Å². The molecule has 8 nitrogen and oxygen atoms in total. The lowest BCUT2D eigenvalue weighted by molar-refractivity contribution is -0.116. The Kier molecular flexibility index (Phi) is 11.4. The fourth-order valence-corrected chi connectivity index (χ4v) is 5.96. The van der Waals surface area contributed by atoms with Gasteiger partial charge in [-0.2, -0.15) is 0 Å². The summed E-state index contributed by atoms with van der Waals surface area (Å²) < 4.78 is 5.37. The van der Waals surface area contributed by atoms with E-state index in [1.807, 2.05) is 36.4 Å². The first kappa shape index (κ1) is 34.1. The highest BCUT2D eigenvalue weighted by molar-refractivity contribution is 8.00. The quantitative estimate of drug-likeness (QED) is 0.0812. The second kappa shape index (κ2) is 16.1. The molecular formula is C37H29Cl2N3O5S. The molecule has 242 valence electrons. The molecular weight excluding hydrogens is 669 g/mol. The summed E-state index contributed by atoms with van der Waals surface area (Å²) in [5.41, 5.74) is 2.45. The average Bonchev–Trinajstić information content (AvgIpc) is 3.10. The van der Waals surface area contributed by atoms with Crippen LogP contribution in [0.25, 0.3) is 6.08 Å². The van der Waals surface area contributed by atoms with Gasteiger partial charge in [0.2, 0.25) is 5.91 Å². The Bertz CT molecular complexity index is 1970. The number of anilines is 2. The minimum absolute atomic E-state index is 0.0166. The van der Waals surface area contributed by atoms with Gasteiger partial charge in [-0.3, -0.25) is 14.4 Å². The molecule has 1 unspecified atom stereocenters. The van der Waals surface area contributed by atoms with E-state index in [4.69, 9.17) is 27.9 Å². The fraction of sp³-hybridized carbons (Fsp3) is 0.0541. The largest absolute Gasteiger partial charge is 0.508 e. The normalized spacial score (nSPS) is 11.7. The Morgan fingerprint density at radius 2 is 1.48 bits per heavy atom. The van der Waals surface area contributed by atoms with E-state index < -0.39 is 17.1 Å². The summed E-state index contributed by atoms with van der Waals surface area (Å²) in [6.07, 6.45) is 1.46. The molecule has 3 amide bonds. The number of ether oxygens (including phenoxy) is 1. The van der Waals surface area contributed by atoms with Gasteiger partial charge in [0, 0.05) is 33.5 Å². The van der Waals surface area contributed by atoms with Crippen LogP contribution in [-0.2, 0) is 9.59 Å². The van der Waals surface area contributed by atoms with Crippen LogP contribution in [0.1, 0.15) is 26.7 Å². The Morgan fingerprint density at radius 3 is 2.19 bits per heavy atom. The fourth-order valence-electron chi connectivity index (χ4n) is 4.58. The number of carbonyl (C=O) groups excluding carboxylic acids is 3. The number of rotatable bonds is 11. The van der Waals surface area contributed by atoms with Crippen LogP contribution >= 0.6 is 35.0 Å². The van der Waals surface area contributed by atoms with Gasteiger partial charge < -0.3 is 25.8 Å². The lowest BCUT2D eigenvalue weighted by atomic mass is 10.1. The lowest BCUT2D eigenvalue weighted by Crippen LogP contribution is -2.30. The van der Waals surface area contributed by atoms with Crippen LogP contribution in [0.2, 0.25) is 10.0 Å². The van der Waals surface area contributed by atoms with E-state index in [9.17, 15) is 19.5 Å². The molecule has 5 rings (SSSR count). The van der Waals surface area contributed by atoms with Gasteiger partial charge in [0.15, 0.2) is 0 Å². The molecule has 0 saturated carbocycles. The average molecular weight is 699 g/mol. The molecule has 0 radical (unpaired) electrons. The molecule has 11 heteroatoms. The minimum atomic E-state index is -0.658. The Labute approximate surface area is 291 Å². The summed E-state index contributed by atoms with van der Waals surface area (Å²) in [6.45, 7) is 0. The van der Waals surface area contributed by atoms with Gasteiger partial charge in [0.1, 0.15) is 22.4 Å². The minimum Gasteiger partial charge on any atom is -0.508 e. The van der Waals surface area contributed by atoms with Crippen molar-refractivity contribution in [1.29, 1.82) is 0 Å². The molecule has 0 fully saturated rings. The topological polar surface area (TPSA) is 117 Å². The van der Waals surface area contributed by atoms with Crippen molar-refractivity contribution in [3.05, 3.63) is 154 Å². The van der Waals surface area contributed by atoms with Crippen LogP contribution in [0.3, 0.4) is 0 Å². The lowest BCUT2D eigenvalue weighted by Gasteiger charge is -2.18. The summed E-state index contributed by atoms with van der Waals surface area (Å²) in [7, 11) is 1.44. The van der Waals surface area contributed by atoms with Crippen molar-refractivity contribution in [3.63, 3.8) is 0 Å². The zero-order chi connectivity index (χ0) is 34.0. The first-order valence-corrected chi connectivity index (χ1v) is 16.2. The standard InChI is InChI=1S/C37H29Cl2N3O5S/c1-47-33-22-28(43)17-15-25(33)19-32(42-35(44)24-11-6-3-7-12-24)36(45)40-26-13-8-14-29(20-26)48-34(23-9-4-2-5-10-23)37(46)41-27-16-18-30(38)31(39)21-27/h2-22,34,43H,1H3,(H,40,45)(H,41,46)(H,42,44)/b32-19+. The predicted molar refractivity (Wildman–Crippen MR) is 192 cm³/mol. The number of halogens is 2. The van der Waals surface area contributed by atoms with E-state index in [2.05, 4.69) is 16.0 Å². The summed E-state index contributed by atoms with van der Waals surface area (Å²) >= 11 is 13.5. The van der Waals surface area contributed by atoms with E-state index >= 15 is 0 Å². The third-order valence-corrected chi connectivity index (χ3v) is 8.91. The van der Waals surface area contributed by atoms with Gasteiger partial charge >= 0.3 is 0 Å². The molecule has 0 bridgehead atoms. The van der Waals surface area contributed by atoms with Crippen molar-refractivity contribution in [2.45, 2.75) is 10.1 Å². The number of benzene rings is 5. The molecule has 0 aliphatic heterocycles. The van der Waals surface area contributed by atoms with Crippen molar-refractivity contribution in [1.82, 2.24) is 5.32 Å². The van der Waals surface area contributed by atoms with Crippen LogP contribution < -0.4 is 20.7 Å². The highest BCUT2D eigenvalue weighted by Crippen LogP contribution is 2.38. The van der Waals surface area contributed by atoms with Gasteiger partial charge in [-0.1, -0.05) is 77.8 Å². The number of methoxy groups -OCH3 is 1. The highest BCUT2D eigenvalue weighted by Gasteiger charge is 2.23. The molecule has 0 spiro atoms. The van der Waals surface area contributed by atoms with Gasteiger partial charge in [0.25, 0.3) is 11.8 Å². The van der Waals surface area contributed by atoms with Crippen LogP contribution in [0, 0.1) is 0 Å².